The van der Waals surface area contributed by atoms with Crippen molar-refractivity contribution in [3.8, 4) is 17.6 Å². The van der Waals surface area contributed by atoms with Gasteiger partial charge in [0.15, 0.2) is 11.3 Å². The maximum absolute atomic E-state index is 13.8. The molecule has 9 nitrogen and oxygen atoms in total. The minimum absolute atomic E-state index is 0.355. The Morgan fingerprint density at radius 2 is 1.93 bits per heavy atom. The van der Waals surface area contributed by atoms with Crippen LogP contribution < -0.4 is 4.74 Å². The first-order valence-electron chi connectivity index (χ1n) is 8.19. The lowest BCUT2D eigenvalue weighted by Crippen LogP contribution is -2.28. The minimum atomic E-state index is -1.09. The fourth-order valence-corrected chi connectivity index (χ4v) is 2.55. The molecule has 30 heavy (non-hydrogen) atoms. The molecule has 0 aliphatic carbocycles. The standard InChI is InChI=1S/C19H15F2N3O6/c1-23(9-12-13(20)4-3-5-14(12)21)19(27)11(8-22)17(25)10-6-15(24(28)29)18(26)16(7-10)30-2/h3-7,25-26H,9H2,1-2H3/b17-11-. The summed E-state index contributed by atoms with van der Waals surface area (Å²) in [4.78, 5) is 23.5. The fourth-order valence-electron chi connectivity index (χ4n) is 2.55. The third-order valence-corrected chi connectivity index (χ3v) is 4.11. The Kier molecular flexibility index (Phi) is 6.53. The minimum Gasteiger partial charge on any atom is -0.506 e. The van der Waals surface area contributed by atoms with Crippen LogP contribution in [0.3, 0.4) is 0 Å². The number of nitro groups is 1. The van der Waals surface area contributed by atoms with E-state index in [4.69, 9.17) is 4.74 Å². The molecule has 0 spiro atoms. The Balaban J connectivity index is 2.49. The Hall–Kier alpha value is -4.20. The first-order valence-corrected chi connectivity index (χ1v) is 8.19. The lowest BCUT2D eigenvalue weighted by molar-refractivity contribution is -0.386. The summed E-state index contributed by atoms with van der Waals surface area (Å²) in [5.41, 5.74) is -2.45. The van der Waals surface area contributed by atoms with Crippen LogP contribution in [0.1, 0.15) is 11.1 Å². The molecule has 2 rings (SSSR count). The average molecular weight is 419 g/mol. The molecule has 0 radical (unpaired) electrons. The van der Waals surface area contributed by atoms with Crippen LogP contribution in [-0.4, -0.2) is 40.1 Å². The summed E-state index contributed by atoms with van der Waals surface area (Å²) in [6.45, 7) is -0.547. The number of aliphatic hydroxyl groups excluding tert-OH is 1. The number of carbonyl (C=O) groups excluding carboxylic acids is 1. The van der Waals surface area contributed by atoms with Crippen molar-refractivity contribution in [2.45, 2.75) is 6.54 Å². The van der Waals surface area contributed by atoms with E-state index in [-0.39, 0.29) is 11.3 Å². The van der Waals surface area contributed by atoms with Gasteiger partial charge in [0.1, 0.15) is 23.5 Å². The Bertz CT molecular complexity index is 1070. The van der Waals surface area contributed by atoms with Crippen molar-refractivity contribution in [2.24, 2.45) is 0 Å². The quantitative estimate of drug-likeness (QED) is 0.241. The summed E-state index contributed by atoms with van der Waals surface area (Å²) in [5.74, 6) is -5.02. The highest BCUT2D eigenvalue weighted by molar-refractivity contribution is 6.03. The zero-order chi connectivity index (χ0) is 22.6. The lowest BCUT2D eigenvalue weighted by atomic mass is 10.1. The molecule has 2 N–H and O–H groups in total. The monoisotopic (exact) mass is 419 g/mol. The molecule has 0 aliphatic rings. The van der Waals surface area contributed by atoms with Crippen LogP contribution >= 0.6 is 0 Å². The topological polar surface area (TPSA) is 137 Å². The third kappa shape index (κ3) is 4.27. The van der Waals surface area contributed by atoms with E-state index in [9.17, 15) is 39.2 Å². The number of hydrogen-bond donors (Lipinski definition) is 2. The Morgan fingerprint density at radius 1 is 1.33 bits per heavy atom. The lowest BCUT2D eigenvalue weighted by Gasteiger charge is -2.18. The number of carbonyl (C=O) groups is 1. The number of halogens is 2. The molecule has 2 aromatic carbocycles. The third-order valence-electron chi connectivity index (χ3n) is 4.11. The van der Waals surface area contributed by atoms with E-state index in [1.54, 1.807) is 0 Å². The van der Waals surface area contributed by atoms with E-state index < -0.39 is 57.3 Å². The number of nitrogens with zero attached hydrogens (tertiary/aromatic N) is 3. The number of rotatable bonds is 6. The summed E-state index contributed by atoms with van der Waals surface area (Å²) in [6, 6.07) is 6.34. The molecule has 0 bridgehead atoms. The predicted octanol–water partition coefficient (Wildman–Crippen LogP) is 3.04. The molecule has 1 amide bonds. The maximum Gasteiger partial charge on any atom is 0.315 e. The number of phenolic OH excluding ortho intramolecular Hbond substituents is 1. The van der Waals surface area contributed by atoms with Crippen molar-refractivity contribution in [3.05, 3.63) is 68.8 Å². The van der Waals surface area contributed by atoms with Crippen molar-refractivity contribution in [2.75, 3.05) is 14.2 Å². The van der Waals surface area contributed by atoms with Crippen LogP contribution in [0.15, 0.2) is 35.9 Å². The summed E-state index contributed by atoms with van der Waals surface area (Å²) in [5, 5.41) is 40.6. The molecule has 0 saturated carbocycles. The Morgan fingerprint density at radius 3 is 2.43 bits per heavy atom. The van der Waals surface area contributed by atoms with Gasteiger partial charge >= 0.3 is 5.69 Å². The van der Waals surface area contributed by atoms with Gasteiger partial charge in [-0.25, -0.2) is 8.78 Å². The maximum atomic E-state index is 13.8. The molecule has 0 atom stereocenters. The highest BCUT2D eigenvalue weighted by Gasteiger charge is 2.26. The molecule has 11 heteroatoms. The summed E-state index contributed by atoms with van der Waals surface area (Å²) < 4.78 is 32.4. The predicted molar refractivity (Wildman–Crippen MR) is 99.3 cm³/mol. The number of phenols is 1. The van der Waals surface area contributed by atoms with Crippen LogP contribution in [0.2, 0.25) is 0 Å². The van der Waals surface area contributed by atoms with Crippen molar-refractivity contribution in [1.82, 2.24) is 4.90 Å². The number of amides is 1. The molecule has 0 fully saturated rings. The zero-order valence-electron chi connectivity index (χ0n) is 15.7. The van der Waals surface area contributed by atoms with E-state index >= 15 is 0 Å². The molecule has 156 valence electrons. The van der Waals surface area contributed by atoms with Crippen LogP contribution in [0.5, 0.6) is 11.5 Å². The van der Waals surface area contributed by atoms with Crippen LogP contribution in [-0.2, 0) is 11.3 Å². The van der Waals surface area contributed by atoms with Gasteiger partial charge < -0.3 is 19.8 Å². The second-order valence-corrected chi connectivity index (χ2v) is 6.00. The second kappa shape index (κ2) is 8.87. The van der Waals surface area contributed by atoms with Crippen molar-refractivity contribution < 1.29 is 33.4 Å². The van der Waals surface area contributed by atoms with E-state index in [0.29, 0.717) is 0 Å². The number of benzene rings is 2. The number of aromatic hydroxyl groups is 1. The fraction of sp³-hybridized carbons (Fsp3) is 0.158. The first-order chi connectivity index (χ1) is 14.1. The van der Waals surface area contributed by atoms with Gasteiger partial charge in [0.2, 0.25) is 5.75 Å². The van der Waals surface area contributed by atoms with Crippen molar-refractivity contribution >= 4 is 17.4 Å². The molecule has 0 saturated heterocycles. The molecule has 0 aliphatic heterocycles. The van der Waals surface area contributed by atoms with Gasteiger partial charge in [-0.3, -0.25) is 14.9 Å². The average Bonchev–Trinajstić information content (AvgIpc) is 2.70. The highest BCUT2D eigenvalue weighted by atomic mass is 19.1. The summed E-state index contributed by atoms with van der Waals surface area (Å²) in [7, 11) is 2.26. The van der Waals surface area contributed by atoms with Crippen LogP contribution in [0.25, 0.3) is 5.76 Å². The van der Waals surface area contributed by atoms with Gasteiger partial charge in [-0.2, -0.15) is 5.26 Å². The molecule has 0 unspecified atom stereocenters. The molecule has 2 aromatic rings. The number of methoxy groups -OCH3 is 1. The van der Waals surface area contributed by atoms with E-state index in [1.807, 2.05) is 0 Å². The van der Waals surface area contributed by atoms with Gasteiger partial charge in [-0.15, -0.1) is 0 Å². The molecule has 0 heterocycles. The van der Waals surface area contributed by atoms with E-state index in [1.165, 1.54) is 6.07 Å². The number of ether oxygens (including phenoxy) is 1. The van der Waals surface area contributed by atoms with Crippen molar-refractivity contribution in [1.29, 1.82) is 5.26 Å². The number of nitro benzene ring substituents is 1. The molecular formula is C19H15F2N3O6. The van der Waals surface area contributed by atoms with Crippen molar-refractivity contribution in [3.63, 3.8) is 0 Å². The number of aliphatic hydroxyl groups is 1. The summed E-state index contributed by atoms with van der Waals surface area (Å²) >= 11 is 0. The number of nitriles is 1. The van der Waals surface area contributed by atoms with Gasteiger partial charge in [-0.1, -0.05) is 6.07 Å². The largest absolute Gasteiger partial charge is 0.506 e. The summed E-state index contributed by atoms with van der Waals surface area (Å²) in [6.07, 6.45) is 0. The van der Waals surface area contributed by atoms with Gasteiger partial charge in [0.25, 0.3) is 5.91 Å². The SMILES string of the molecule is COc1cc(/C(O)=C(\C#N)C(=O)N(C)Cc2c(F)cccc2F)cc([N+](=O)[O-])c1O. The first kappa shape index (κ1) is 22.1. The van der Waals surface area contributed by atoms with Gasteiger partial charge in [0.05, 0.1) is 18.6 Å². The Labute approximate surface area is 168 Å². The molecule has 0 aromatic heterocycles. The van der Waals surface area contributed by atoms with E-state index in [0.717, 1.165) is 49.4 Å². The normalized spacial score (nSPS) is 11.3. The zero-order valence-corrected chi connectivity index (χ0v) is 15.7. The van der Waals surface area contributed by atoms with E-state index in [2.05, 4.69) is 0 Å². The highest BCUT2D eigenvalue weighted by Crippen LogP contribution is 2.38. The number of likely N-dealkylation sites (N-methyl/N-ethyl adjacent to an activating group) is 1. The van der Waals surface area contributed by atoms with Crippen LogP contribution in [0, 0.1) is 33.1 Å². The van der Waals surface area contributed by atoms with Crippen LogP contribution in [0.4, 0.5) is 14.5 Å². The smallest absolute Gasteiger partial charge is 0.315 e. The number of hydrogen-bond acceptors (Lipinski definition) is 7. The van der Waals surface area contributed by atoms with Gasteiger partial charge in [0, 0.05) is 24.2 Å². The molecular weight excluding hydrogens is 404 g/mol. The second-order valence-electron chi connectivity index (χ2n) is 6.00. The van der Waals surface area contributed by atoms with Gasteiger partial charge in [-0.05, 0) is 18.2 Å².